The predicted molar refractivity (Wildman–Crippen MR) is 95.2 cm³/mol. The lowest BCUT2D eigenvalue weighted by atomic mass is 10.2. The van der Waals surface area contributed by atoms with Crippen LogP contribution in [0.3, 0.4) is 0 Å². The molecule has 2 aromatic rings. The van der Waals surface area contributed by atoms with E-state index >= 15 is 0 Å². The number of rotatable bonds is 5. The van der Waals surface area contributed by atoms with Crippen LogP contribution in [0.25, 0.3) is 0 Å². The molecule has 1 aliphatic heterocycles. The normalized spacial score (nSPS) is 17.4. The number of hydrogen-bond acceptors (Lipinski definition) is 5. The Morgan fingerprint density at radius 1 is 1.17 bits per heavy atom. The molecule has 0 aliphatic carbocycles. The molecule has 1 saturated heterocycles. The number of carbonyl (C=O) groups is 2. The summed E-state index contributed by atoms with van der Waals surface area (Å²) in [5.41, 5.74) is 6.85. The minimum atomic E-state index is -0.434. The molecule has 1 fully saturated rings. The van der Waals surface area contributed by atoms with Gasteiger partial charge in [0.05, 0.1) is 17.5 Å². The Morgan fingerprint density at radius 3 is 2.58 bits per heavy atom. The van der Waals surface area contributed by atoms with Crippen molar-refractivity contribution >= 4 is 35.0 Å². The van der Waals surface area contributed by atoms with Crippen LogP contribution in [0.5, 0.6) is 5.75 Å². The fraction of sp³-hybridized carbons (Fsp3) is 0.222. The molecule has 0 bridgehead atoms. The van der Waals surface area contributed by atoms with Crippen LogP contribution in [0.4, 0.5) is 11.4 Å². The van der Waals surface area contributed by atoms with Crippen molar-refractivity contribution in [3.8, 4) is 5.75 Å². The monoisotopic (exact) mass is 342 g/mol. The van der Waals surface area contributed by atoms with Gasteiger partial charge in [0.15, 0.2) is 0 Å². The zero-order valence-corrected chi connectivity index (χ0v) is 14.1. The van der Waals surface area contributed by atoms with E-state index in [-0.39, 0.29) is 18.2 Å². The van der Waals surface area contributed by atoms with E-state index in [0.717, 1.165) is 4.90 Å². The number of amides is 2. The number of carbonyl (C=O) groups excluding carboxylic acids is 2. The van der Waals surface area contributed by atoms with Gasteiger partial charge in [0.25, 0.3) is 0 Å². The van der Waals surface area contributed by atoms with Crippen molar-refractivity contribution in [2.24, 2.45) is 0 Å². The summed E-state index contributed by atoms with van der Waals surface area (Å²) in [6, 6.07) is 14.4. The smallest absolute Gasteiger partial charge is 0.247 e. The molecule has 0 spiro atoms. The molecule has 2 amide bonds. The zero-order chi connectivity index (χ0) is 17.1. The minimum Gasteiger partial charge on any atom is -0.492 e. The van der Waals surface area contributed by atoms with Crippen molar-refractivity contribution in [1.82, 2.24) is 0 Å². The molecule has 0 saturated carbocycles. The molecule has 24 heavy (non-hydrogen) atoms. The summed E-state index contributed by atoms with van der Waals surface area (Å²) in [4.78, 5) is 27.3. The molecular formula is C18H18N2O3S. The van der Waals surface area contributed by atoms with Crippen molar-refractivity contribution < 1.29 is 14.3 Å². The largest absolute Gasteiger partial charge is 0.492 e. The number of benzene rings is 2. The lowest BCUT2D eigenvalue weighted by molar-refractivity contribution is -0.121. The van der Waals surface area contributed by atoms with Crippen LogP contribution in [-0.2, 0) is 9.59 Å². The molecule has 3 rings (SSSR count). The molecule has 1 unspecified atom stereocenters. The molecule has 1 aliphatic rings. The second-order valence-corrected chi connectivity index (χ2v) is 6.62. The second-order valence-electron chi connectivity index (χ2n) is 5.35. The molecule has 0 radical (unpaired) electrons. The number of para-hydroxylation sites is 2. The first kappa shape index (κ1) is 16.4. The maximum Gasteiger partial charge on any atom is 0.247 e. The Labute approximate surface area is 144 Å². The van der Waals surface area contributed by atoms with E-state index < -0.39 is 5.25 Å². The lowest BCUT2D eigenvalue weighted by Crippen LogP contribution is -2.31. The molecular weight excluding hydrogens is 324 g/mol. The Hall–Kier alpha value is -2.47. The Morgan fingerprint density at radius 2 is 1.88 bits per heavy atom. The molecule has 2 aromatic carbocycles. The highest BCUT2D eigenvalue weighted by molar-refractivity contribution is 8.00. The summed E-state index contributed by atoms with van der Waals surface area (Å²) in [5.74, 6) is 0.119. The number of thioether (sulfide) groups is 1. The third-order valence-corrected chi connectivity index (χ3v) is 4.87. The zero-order valence-electron chi connectivity index (χ0n) is 13.3. The predicted octanol–water partition coefficient (Wildman–Crippen LogP) is 3.09. The maximum atomic E-state index is 12.7. The van der Waals surface area contributed by atoms with Gasteiger partial charge >= 0.3 is 0 Å². The van der Waals surface area contributed by atoms with Crippen LogP contribution in [0.1, 0.15) is 13.3 Å². The fourth-order valence-corrected chi connectivity index (χ4v) is 3.63. The van der Waals surface area contributed by atoms with Crippen molar-refractivity contribution in [3.05, 3.63) is 48.5 Å². The highest BCUT2D eigenvalue weighted by atomic mass is 32.2. The van der Waals surface area contributed by atoms with E-state index in [2.05, 4.69) is 0 Å². The van der Waals surface area contributed by atoms with Gasteiger partial charge in [-0.05, 0) is 43.3 Å². The van der Waals surface area contributed by atoms with E-state index in [0.29, 0.717) is 23.7 Å². The van der Waals surface area contributed by atoms with Crippen molar-refractivity contribution in [1.29, 1.82) is 0 Å². The van der Waals surface area contributed by atoms with E-state index in [1.165, 1.54) is 16.7 Å². The first-order valence-electron chi connectivity index (χ1n) is 7.71. The first-order valence-corrected chi connectivity index (χ1v) is 8.59. The topological polar surface area (TPSA) is 72.6 Å². The Balaban J connectivity index is 1.83. The van der Waals surface area contributed by atoms with Gasteiger partial charge in [0.2, 0.25) is 11.8 Å². The summed E-state index contributed by atoms with van der Waals surface area (Å²) < 4.78 is 5.55. The SMILES string of the molecule is CCOc1ccccc1N1C(=O)CC(Sc2ccc(N)cc2)C1=O. The van der Waals surface area contributed by atoms with Crippen LogP contribution < -0.4 is 15.4 Å². The maximum absolute atomic E-state index is 12.7. The van der Waals surface area contributed by atoms with Gasteiger partial charge in [-0.2, -0.15) is 0 Å². The Kier molecular flexibility index (Phi) is 4.76. The summed E-state index contributed by atoms with van der Waals surface area (Å²) in [6.07, 6.45) is 0.175. The number of anilines is 2. The van der Waals surface area contributed by atoms with Gasteiger partial charge in [0.1, 0.15) is 5.75 Å². The van der Waals surface area contributed by atoms with Gasteiger partial charge in [-0.3, -0.25) is 9.59 Å². The minimum absolute atomic E-state index is 0.175. The van der Waals surface area contributed by atoms with Crippen LogP contribution in [0.2, 0.25) is 0 Å². The van der Waals surface area contributed by atoms with Crippen LogP contribution in [0.15, 0.2) is 53.4 Å². The van der Waals surface area contributed by atoms with Gasteiger partial charge in [0, 0.05) is 17.0 Å². The average Bonchev–Trinajstić information content (AvgIpc) is 2.85. The molecule has 6 heteroatoms. The van der Waals surface area contributed by atoms with Crippen molar-refractivity contribution in [2.45, 2.75) is 23.5 Å². The highest BCUT2D eigenvalue weighted by Crippen LogP contribution is 2.37. The van der Waals surface area contributed by atoms with Crippen LogP contribution in [0, 0.1) is 0 Å². The van der Waals surface area contributed by atoms with Crippen molar-refractivity contribution in [2.75, 3.05) is 17.2 Å². The van der Waals surface area contributed by atoms with E-state index in [1.807, 2.05) is 25.1 Å². The quantitative estimate of drug-likeness (QED) is 0.668. The number of nitrogens with zero attached hydrogens (tertiary/aromatic N) is 1. The molecule has 0 aromatic heterocycles. The molecule has 1 atom stereocenters. The van der Waals surface area contributed by atoms with E-state index in [9.17, 15) is 9.59 Å². The third kappa shape index (κ3) is 3.23. The molecule has 1 heterocycles. The van der Waals surface area contributed by atoms with Gasteiger partial charge < -0.3 is 10.5 Å². The number of nitrogen functional groups attached to an aromatic ring is 1. The third-order valence-electron chi connectivity index (χ3n) is 3.67. The molecule has 124 valence electrons. The average molecular weight is 342 g/mol. The standard InChI is InChI=1S/C18H18N2O3S/c1-2-23-15-6-4-3-5-14(15)20-17(21)11-16(18(20)22)24-13-9-7-12(19)8-10-13/h3-10,16H,2,11,19H2,1H3. The summed E-state index contributed by atoms with van der Waals surface area (Å²) in [7, 11) is 0. The summed E-state index contributed by atoms with van der Waals surface area (Å²) in [5, 5.41) is -0.434. The van der Waals surface area contributed by atoms with E-state index in [4.69, 9.17) is 10.5 Å². The van der Waals surface area contributed by atoms with Crippen molar-refractivity contribution in [3.63, 3.8) is 0 Å². The second kappa shape index (κ2) is 6.97. The number of ether oxygens (including phenoxy) is 1. The number of hydrogen-bond donors (Lipinski definition) is 1. The molecule has 5 nitrogen and oxygen atoms in total. The van der Waals surface area contributed by atoms with Crippen LogP contribution in [-0.4, -0.2) is 23.7 Å². The summed E-state index contributed by atoms with van der Waals surface area (Å²) >= 11 is 1.38. The lowest BCUT2D eigenvalue weighted by Gasteiger charge is -2.18. The fourth-order valence-electron chi connectivity index (χ4n) is 2.58. The number of imide groups is 1. The highest BCUT2D eigenvalue weighted by Gasteiger charge is 2.41. The Bertz CT molecular complexity index is 761. The first-order chi connectivity index (χ1) is 11.6. The summed E-state index contributed by atoms with van der Waals surface area (Å²) in [6.45, 7) is 2.33. The van der Waals surface area contributed by atoms with Gasteiger partial charge in [-0.15, -0.1) is 11.8 Å². The number of nitrogens with two attached hydrogens (primary N) is 1. The van der Waals surface area contributed by atoms with Gasteiger partial charge in [-0.1, -0.05) is 12.1 Å². The van der Waals surface area contributed by atoms with Crippen LogP contribution >= 0.6 is 11.8 Å². The molecule has 2 N–H and O–H groups in total. The van der Waals surface area contributed by atoms with Gasteiger partial charge in [-0.25, -0.2) is 4.90 Å². The van der Waals surface area contributed by atoms with E-state index in [1.54, 1.807) is 30.3 Å².